The maximum atomic E-state index is 3.69. The summed E-state index contributed by atoms with van der Waals surface area (Å²) in [6.07, 6.45) is 0. The van der Waals surface area contributed by atoms with Crippen molar-refractivity contribution in [3.63, 3.8) is 0 Å². The molecule has 0 bridgehead atoms. The smallest absolute Gasteiger partial charge is 0.0470 e. The lowest BCUT2D eigenvalue weighted by atomic mass is 9.86. The van der Waals surface area contributed by atoms with E-state index in [0.717, 1.165) is 53.9 Å². The molecule has 0 aliphatic carbocycles. The molecule has 0 fully saturated rings. The highest BCUT2D eigenvalue weighted by Crippen LogP contribution is 2.45. The van der Waals surface area contributed by atoms with E-state index in [9.17, 15) is 0 Å². The van der Waals surface area contributed by atoms with Gasteiger partial charge >= 0.3 is 0 Å². The summed E-state index contributed by atoms with van der Waals surface area (Å²) in [6, 6.07) is 50.8. The van der Waals surface area contributed by atoms with E-state index < -0.39 is 0 Å². The van der Waals surface area contributed by atoms with Crippen LogP contribution in [0.3, 0.4) is 0 Å². The number of nitrogens with one attached hydrogen (secondary N) is 2. The van der Waals surface area contributed by atoms with Gasteiger partial charge in [-0.25, -0.2) is 0 Å². The Bertz CT molecular complexity index is 1710. The minimum atomic E-state index is 1.05. The monoisotopic (exact) mass is 644 g/mol. The van der Waals surface area contributed by atoms with E-state index in [1.807, 2.05) is 24.3 Å². The largest absolute Gasteiger partial charge is 0.356 e. The van der Waals surface area contributed by atoms with E-state index >= 15 is 0 Å². The van der Waals surface area contributed by atoms with Gasteiger partial charge in [0, 0.05) is 37.3 Å². The molecule has 0 atom stereocenters. The summed E-state index contributed by atoms with van der Waals surface area (Å²) < 4.78 is 2.11. The summed E-state index contributed by atoms with van der Waals surface area (Å²) in [5, 5.41) is 7.19. The molecule has 0 aromatic heterocycles. The molecule has 2 N–H and O–H groups in total. The van der Waals surface area contributed by atoms with E-state index in [2.05, 4.69) is 164 Å². The van der Waals surface area contributed by atoms with Gasteiger partial charge in [-0.15, -0.1) is 0 Å². The van der Waals surface area contributed by atoms with E-state index in [-0.39, 0.29) is 0 Å². The van der Waals surface area contributed by atoms with Crippen LogP contribution in [0.25, 0.3) is 33.4 Å². The average Bonchev–Trinajstić information content (AvgIpc) is 2.99. The fraction of sp³-hybridized carbons (Fsp3) is 0. The van der Waals surface area contributed by atoms with Crippen molar-refractivity contribution < 1.29 is 0 Å². The molecule has 6 rings (SSSR count). The predicted octanol–water partition coefficient (Wildman–Crippen LogP) is 11.7. The van der Waals surface area contributed by atoms with Crippen molar-refractivity contribution in [1.82, 2.24) is 0 Å². The Morgan fingerprint density at radius 2 is 0.800 bits per heavy atom. The second-order valence-corrected chi connectivity index (χ2v) is 11.3. The molecular weight excluding hydrogens is 620 g/mol. The van der Waals surface area contributed by atoms with Crippen LogP contribution in [0.1, 0.15) is 0 Å². The van der Waals surface area contributed by atoms with Crippen LogP contribution in [0, 0.1) is 0 Å². The van der Waals surface area contributed by atoms with Gasteiger partial charge in [-0.1, -0.05) is 111 Å². The van der Waals surface area contributed by atoms with E-state index in [4.69, 9.17) is 0 Å². The molecule has 6 aromatic carbocycles. The van der Waals surface area contributed by atoms with E-state index in [0.29, 0.717) is 0 Å². The van der Waals surface area contributed by atoms with Crippen LogP contribution < -0.4 is 10.6 Å². The lowest BCUT2D eigenvalue weighted by Crippen LogP contribution is -1.98. The molecule has 0 spiro atoms. The topological polar surface area (TPSA) is 24.1 Å². The number of benzene rings is 6. The fourth-order valence-electron chi connectivity index (χ4n) is 4.88. The fourth-order valence-corrected chi connectivity index (χ4v) is 5.41. The third-order valence-electron chi connectivity index (χ3n) is 6.78. The van der Waals surface area contributed by atoms with Crippen molar-refractivity contribution in [2.24, 2.45) is 0 Å². The van der Waals surface area contributed by atoms with E-state index in [1.165, 1.54) is 11.1 Å². The third kappa shape index (κ3) is 5.89. The normalized spacial score (nSPS) is 10.8. The molecule has 194 valence electrons. The SMILES string of the molecule is Brc1ccc(-c2c(Nc3ccccc3)ccc(-c3ccc(Nc4ccccc4)cc3)c2-c2ccc(Br)cc2)cc1. The predicted molar refractivity (Wildman–Crippen MR) is 178 cm³/mol. The second-order valence-electron chi connectivity index (χ2n) is 9.48. The molecule has 40 heavy (non-hydrogen) atoms. The summed E-state index contributed by atoms with van der Waals surface area (Å²) in [5.41, 5.74) is 11.2. The second kappa shape index (κ2) is 12.0. The first-order chi connectivity index (χ1) is 19.6. The number of anilines is 4. The maximum Gasteiger partial charge on any atom is 0.0470 e. The zero-order valence-electron chi connectivity index (χ0n) is 21.6. The Morgan fingerprint density at radius 3 is 1.35 bits per heavy atom. The number of hydrogen-bond donors (Lipinski definition) is 2. The minimum absolute atomic E-state index is 1.05. The zero-order valence-corrected chi connectivity index (χ0v) is 24.8. The van der Waals surface area contributed by atoms with Gasteiger partial charge in [0.2, 0.25) is 0 Å². The Hall–Kier alpha value is -4.12. The molecule has 0 radical (unpaired) electrons. The third-order valence-corrected chi connectivity index (χ3v) is 7.84. The Labute approximate surface area is 252 Å². The number of rotatable bonds is 7. The molecule has 6 aromatic rings. The molecule has 0 saturated carbocycles. The van der Waals surface area contributed by atoms with Gasteiger partial charge in [-0.2, -0.15) is 0 Å². The number of para-hydroxylation sites is 2. The molecular formula is C36H26Br2N2. The highest BCUT2D eigenvalue weighted by Gasteiger charge is 2.19. The summed E-state index contributed by atoms with van der Waals surface area (Å²) in [4.78, 5) is 0. The van der Waals surface area contributed by atoms with Crippen molar-refractivity contribution in [3.8, 4) is 33.4 Å². The Balaban J connectivity index is 1.53. The van der Waals surface area contributed by atoms with Crippen LogP contribution in [-0.4, -0.2) is 0 Å². The van der Waals surface area contributed by atoms with Gasteiger partial charge in [-0.05, 0) is 94.5 Å². The highest BCUT2D eigenvalue weighted by molar-refractivity contribution is 9.10. The first kappa shape index (κ1) is 26.1. The van der Waals surface area contributed by atoms with Crippen LogP contribution in [0.2, 0.25) is 0 Å². The Morgan fingerprint density at radius 1 is 0.350 bits per heavy atom. The van der Waals surface area contributed by atoms with E-state index in [1.54, 1.807) is 0 Å². The standard InChI is InChI=1S/C36H26Br2N2/c37-28-17-11-26(12-18-28)35-33(25-15-21-32(22-16-25)39-30-7-3-1-4-8-30)23-24-34(40-31-9-5-2-6-10-31)36(35)27-13-19-29(38)20-14-27/h1-24,39-40H. The van der Waals surface area contributed by atoms with Crippen LogP contribution in [0.4, 0.5) is 22.7 Å². The minimum Gasteiger partial charge on any atom is -0.356 e. The lowest BCUT2D eigenvalue weighted by Gasteiger charge is -2.21. The first-order valence-electron chi connectivity index (χ1n) is 13.1. The zero-order chi connectivity index (χ0) is 27.3. The quantitative estimate of drug-likeness (QED) is 0.180. The molecule has 2 nitrogen and oxygen atoms in total. The van der Waals surface area contributed by atoms with Gasteiger partial charge in [-0.3, -0.25) is 0 Å². The molecule has 0 aliphatic rings. The lowest BCUT2D eigenvalue weighted by molar-refractivity contribution is 1.50. The molecule has 0 heterocycles. The van der Waals surface area contributed by atoms with Crippen molar-refractivity contribution in [2.75, 3.05) is 10.6 Å². The van der Waals surface area contributed by atoms with Gasteiger partial charge in [0.25, 0.3) is 0 Å². The summed E-state index contributed by atoms with van der Waals surface area (Å²) in [7, 11) is 0. The summed E-state index contributed by atoms with van der Waals surface area (Å²) >= 11 is 7.24. The molecule has 0 unspecified atom stereocenters. The van der Waals surface area contributed by atoms with Gasteiger partial charge in [0.1, 0.15) is 0 Å². The van der Waals surface area contributed by atoms with Crippen LogP contribution in [-0.2, 0) is 0 Å². The van der Waals surface area contributed by atoms with Gasteiger partial charge in [0.05, 0.1) is 0 Å². The van der Waals surface area contributed by atoms with Crippen LogP contribution in [0.15, 0.2) is 155 Å². The van der Waals surface area contributed by atoms with Gasteiger partial charge < -0.3 is 10.6 Å². The number of hydrogen-bond acceptors (Lipinski definition) is 2. The van der Waals surface area contributed by atoms with Crippen molar-refractivity contribution in [1.29, 1.82) is 0 Å². The number of halogens is 2. The summed E-state index contributed by atoms with van der Waals surface area (Å²) in [6.45, 7) is 0. The van der Waals surface area contributed by atoms with Gasteiger partial charge in [0.15, 0.2) is 0 Å². The molecule has 0 amide bonds. The van der Waals surface area contributed by atoms with Crippen LogP contribution >= 0.6 is 31.9 Å². The van der Waals surface area contributed by atoms with Crippen LogP contribution in [0.5, 0.6) is 0 Å². The Kier molecular flexibility index (Phi) is 7.80. The van der Waals surface area contributed by atoms with Crippen molar-refractivity contribution >= 4 is 54.6 Å². The average molecular weight is 646 g/mol. The van der Waals surface area contributed by atoms with Crippen molar-refractivity contribution in [3.05, 3.63) is 155 Å². The summed E-state index contributed by atoms with van der Waals surface area (Å²) in [5.74, 6) is 0. The molecule has 0 saturated heterocycles. The first-order valence-corrected chi connectivity index (χ1v) is 14.7. The maximum absolute atomic E-state index is 3.69. The molecule has 4 heteroatoms. The van der Waals surface area contributed by atoms with Crippen molar-refractivity contribution in [2.45, 2.75) is 0 Å². The molecule has 0 aliphatic heterocycles. The highest BCUT2D eigenvalue weighted by atomic mass is 79.9.